The van der Waals surface area contributed by atoms with Crippen LogP contribution >= 0.6 is 0 Å². The van der Waals surface area contributed by atoms with Gasteiger partial charge in [0.1, 0.15) is 5.82 Å². The first-order valence-corrected chi connectivity index (χ1v) is 8.23. The molecule has 0 fully saturated rings. The standard InChI is InChI=1S/C17H29N3/c1-4-5-6-17-19-12-15-9-14(7-8-16(15)20-17)11-18-10-13(2)3/h12-14,18H,4-11H2,1-3H3. The summed E-state index contributed by atoms with van der Waals surface area (Å²) in [6.45, 7) is 8.99. The molecule has 1 N–H and O–H groups in total. The summed E-state index contributed by atoms with van der Waals surface area (Å²) in [5.41, 5.74) is 2.69. The summed E-state index contributed by atoms with van der Waals surface area (Å²) in [6.07, 6.45) is 9.07. The number of nitrogens with one attached hydrogen (secondary N) is 1. The molecule has 3 heteroatoms. The van der Waals surface area contributed by atoms with Gasteiger partial charge in [-0.1, -0.05) is 27.2 Å². The Bertz CT molecular complexity index is 415. The summed E-state index contributed by atoms with van der Waals surface area (Å²) < 4.78 is 0. The van der Waals surface area contributed by atoms with Crippen molar-refractivity contribution in [3.63, 3.8) is 0 Å². The normalized spacial score (nSPS) is 18.3. The first kappa shape index (κ1) is 15.4. The number of fused-ring (bicyclic) bond motifs is 1. The summed E-state index contributed by atoms with van der Waals surface area (Å²) in [5, 5.41) is 3.58. The highest BCUT2D eigenvalue weighted by Gasteiger charge is 2.20. The first-order valence-electron chi connectivity index (χ1n) is 8.23. The van der Waals surface area contributed by atoms with E-state index in [-0.39, 0.29) is 0 Å². The highest BCUT2D eigenvalue weighted by Crippen LogP contribution is 2.23. The van der Waals surface area contributed by atoms with Gasteiger partial charge in [-0.15, -0.1) is 0 Å². The summed E-state index contributed by atoms with van der Waals surface area (Å²) in [6, 6.07) is 0. The Kier molecular flexibility index (Phi) is 5.96. The van der Waals surface area contributed by atoms with E-state index in [2.05, 4.69) is 37.3 Å². The van der Waals surface area contributed by atoms with Crippen LogP contribution in [0.3, 0.4) is 0 Å². The van der Waals surface area contributed by atoms with E-state index < -0.39 is 0 Å². The number of hydrogen-bond donors (Lipinski definition) is 1. The van der Waals surface area contributed by atoms with E-state index in [1.807, 2.05) is 0 Å². The topological polar surface area (TPSA) is 37.8 Å². The molecular weight excluding hydrogens is 246 g/mol. The number of nitrogens with zero attached hydrogens (tertiary/aromatic N) is 2. The molecule has 1 aliphatic rings. The molecule has 1 aromatic heterocycles. The number of aryl methyl sites for hydroxylation is 2. The molecule has 0 amide bonds. The van der Waals surface area contributed by atoms with Crippen LogP contribution in [0.15, 0.2) is 6.20 Å². The molecule has 3 nitrogen and oxygen atoms in total. The molecule has 1 unspecified atom stereocenters. The molecular formula is C17H29N3. The molecule has 1 heterocycles. The predicted octanol–water partition coefficient (Wildman–Crippen LogP) is 3.17. The monoisotopic (exact) mass is 275 g/mol. The van der Waals surface area contributed by atoms with Crippen LogP contribution < -0.4 is 5.32 Å². The fourth-order valence-electron chi connectivity index (χ4n) is 2.83. The number of hydrogen-bond acceptors (Lipinski definition) is 3. The smallest absolute Gasteiger partial charge is 0.128 e. The zero-order chi connectivity index (χ0) is 14.4. The fraction of sp³-hybridized carbons (Fsp3) is 0.765. The molecule has 0 bridgehead atoms. The molecule has 112 valence electrons. The Labute approximate surface area is 123 Å². The molecule has 0 aliphatic heterocycles. The van der Waals surface area contributed by atoms with Crippen molar-refractivity contribution in [3.8, 4) is 0 Å². The van der Waals surface area contributed by atoms with E-state index in [9.17, 15) is 0 Å². The second-order valence-electron chi connectivity index (χ2n) is 6.52. The third-order valence-corrected chi connectivity index (χ3v) is 4.04. The second-order valence-corrected chi connectivity index (χ2v) is 6.52. The van der Waals surface area contributed by atoms with Gasteiger partial charge in [0.05, 0.1) is 0 Å². The van der Waals surface area contributed by atoms with Gasteiger partial charge in [-0.05, 0) is 56.2 Å². The van der Waals surface area contributed by atoms with Crippen LogP contribution in [0.25, 0.3) is 0 Å². The Morgan fingerprint density at radius 2 is 2.25 bits per heavy atom. The highest BCUT2D eigenvalue weighted by molar-refractivity contribution is 5.21. The van der Waals surface area contributed by atoms with E-state index in [1.165, 1.54) is 30.5 Å². The zero-order valence-electron chi connectivity index (χ0n) is 13.3. The van der Waals surface area contributed by atoms with E-state index in [1.54, 1.807) is 0 Å². The van der Waals surface area contributed by atoms with Crippen molar-refractivity contribution in [2.24, 2.45) is 11.8 Å². The minimum absolute atomic E-state index is 0.732. The van der Waals surface area contributed by atoms with Gasteiger partial charge >= 0.3 is 0 Å². The molecule has 1 aliphatic carbocycles. The van der Waals surface area contributed by atoms with Crippen molar-refractivity contribution < 1.29 is 0 Å². The fourth-order valence-corrected chi connectivity index (χ4v) is 2.83. The lowest BCUT2D eigenvalue weighted by Crippen LogP contribution is -2.30. The van der Waals surface area contributed by atoms with Gasteiger partial charge in [0.15, 0.2) is 0 Å². The average Bonchev–Trinajstić information content (AvgIpc) is 2.44. The number of aromatic nitrogens is 2. The summed E-state index contributed by atoms with van der Waals surface area (Å²) in [4.78, 5) is 9.30. The van der Waals surface area contributed by atoms with Gasteiger partial charge in [-0.25, -0.2) is 9.97 Å². The zero-order valence-corrected chi connectivity index (χ0v) is 13.3. The van der Waals surface area contributed by atoms with Crippen molar-refractivity contribution in [2.45, 2.75) is 59.3 Å². The Hall–Kier alpha value is -0.960. The van der Waals surface area contributed by atoms with Crippen molar-refractivity contribution in [3.05, 3.63) is 23.3 Å². The Morgan fingerprint density at radius 1 is 1.40 bits per heavy atom. The van der Waals surface area contributed by atoms with Gasteiger partial charge in [-0.3, -0.25) is 0 Å². The lowest BCUT2D eigenvalue weighted by atomic mass is 9.87. The van der Waals surface area contributed by atoms with E-state index >= 15 is 0 Å². The van der Waals surface area contributed by atoms with E-state index in [4.69, 9.17) is 4.98 Å². The van der Waals surface area contributed by atoms with Crippen LogP contribution in [-0.2, 0) is 19.3 Å². The molecule has 0 spiro atoms. The summed E-state index contributed by atoms with van der Waals surface area (Å²) in [5.74, 6) is 2.53. The molecule has 20 heavy (non-hydrogen) atoms. The SMILES string of the molecule is CCCCc1ncc2c(n1)CCC(CNCC(C)C)C2. The largest absolute Gasteiger partial charge is 0.316 e. The van der Waals surface area contributed by atoms with Crippen molar-refractivity contribution in [2.75, 3.05) is 13.1 Å². The maximum atomic E-state index is 4.76. The second kappa shape index (κ2) is 7.72. The summed E-state index contributed by atoms with van der Waals surface area (Å²) >= 11 is 0. The van der Waals surface area contributed by atoms with E-state index in [0.717, 1.165) is 50.0 Å². The quantitative estimate of drug-likeness (QED) is 0.830. The molecule has 0 aromatic carbocycles. The van der Waals surface area contributed by atoms with Gasteiger partial charge in [0.25, 0.3) is 0 Å². The van der Waals surface area contributed by atoms with Crippen LogP contribution in [0.4, 0.5) is 0 Å². The summed E-state index contributed by atoms with van der Waals surface area (Å²) in [7, 11) is 0. The maximum Gasteiger partial charge on any atom is 0.128 e. The number of unbranched alkanes of at least 4 members (excludes halogenated alkanes) is 1. The van der Waals surface area contributed by atoms with Crippen molar-refractivity contribution >= 4 is 0 Å². The van der Waals surface area contributed by atoms with Gasteiger partial charge in [0, 0.05) is 18.3 Å². The van der Waals surface area contributed by atoms with Crippen LogP contribution in [0.2, 0.25) is 0 Å². The Balaban J connectivity index is 1.87. The van der Waals surface area contributed by atoms with Crippen LogP contribution in [0, 0.1) is 11.8 Å². The lowest BCUT2D eigenvalue weighted by molar-refractivity contribution is 0.404. The molecule has 2 rings (SSSR count). The van der Waals surface area contributed by atoms with Gasteiger partial charge in [0.2, 0.25) is 0 Å². The lowest BCUT2D eigenvalue weighted by Gasteiger charge is -2.24. The highest BCUT2D eigenvalue weighted by atomic mass is 14.9. The number of rotatable bonds is 7. The third kappa shape index (κ3) is 4.55. The van der Waals surface area contributed by atoms with Crippen molar-refractivity contribution in [1.29, 1.82) is 0 Å². The molecule has 1 aromatic rings. The predicted molar refractivity (Wildman–Crippen MR) is 83.9 cm³/mol. The third-order valence-electron chi connectivity index (χ3n) is 4.04. The first-order chi connectivity index (χ1) is 9.69. The molecule has 1 atom stereocenters. The average molecular weight is 275 g/mol. The molecule has 0 saturated heterocycles. The van der Waals surface area contributed by atoms with Crippen LogP contribution in [0.5, 0.6) is 0 Å². The van der Waals surface area contributed by atoms with Gasteiger partial charge in [-0.2, -0.15) is 0 Å². The minimum atomic E-state index is 0.732. The van der Waals surface area contributed by atoms with Crippen LogP contribution in [0.1, 0.15) is 57.1 Å². The molecule has 0 radical (unpaired) electrons. The van der Waals surface area contributed by atoms with E-state index in [0.29, 0.717) is 0 Å². The van der Waals surface area contributed by atoms with Crippen molar-refractivity contribution in [1.82, 2.24) is 15.3 Å². The Morgan fingerprint density at radius 3 is 3.00 bits per heavy atom. The minimum Gasteiger partial charge on any atom is -0.316 e. The molecule has 0 saturated carbocycles. The van der Waals surface area contributed by atoms with Gasteiger partial charge < -0.3 is 5.32 Å². The van der Waals surface area contributed by atoms with Crippen LogP contribution in [-0.4, -0.2) is 23.1 Å². The maximum absolute atomic E-state index is 4.76.